The predicted octanol–water partition coefficient (Wildman–Crippen LogP) is 3.96. The Hall–Kier alpha value is -1.96. The van der Waals surface area contributed by atoms with Gasteiger partial charge in [-0.2, -0.15) is 0 Å². The molecule has 0 unspecified atom stereocenters. The van der Waals surface area contributed by atoms with Crippen molar-refractivity contribution in [3.8, 4) is 5.75 Å². The Labute approximate surface area is 129 Å². The molecule has 2 aromatic carbocycles. The van der Waals surface area contributed by atoms with Gasteiger partial charge in [-0.15, -0.1) is 0 Å². The minimum Gasteiger partial charge on any atom is -0.507 e. The number of benzene rings is 2. The van der Waals surface area contributed by atoms with Crippen LogP contribution in [0.25, 0.3) is 0 Å². The van der Waals surface area contributed by atoms with Gasteiger partial charge >= 0.3 is 0 Å². The van der Waals surface area contributed by atoms with Crippen molar-refractivity contribution in [3.63, 3.8) is 0 Å². The molecule has 0 saturated heterocycles. The molecule has 6 heteroatoms. The van der Waals surface area contributed by atoms with E-state index in [1.807, 2.05) is 25.1 Å². The number of rotatable bonds is 3. The predicted molar refractivity (Wildman–Crippen MR) is 85.9 cm³/mol. The highest BCUT2D eigenvalue weighted by atomic mass is 127. The lowest BCUT2D eigenvalue weighted by Crippen LogP contribution is -1.90. The molecular formula is C14H11IN2O3. The number of nitro benzene ring substituents is 1. The van der Waals surface area contributed by atoms with Crippen LogP contribution in [0.4, 0.5) is 11.4 Å². The lowest BCUT2D eigenvalue weighted by atomic mass is 10.2. The van der Waals surface area contributed by atoms with Crippen LogP contribution in [0.1, 0.15) is 11.1 Å². The zero-order valence-electron chi connectivity index (χ0n) is 10.6. The van der Waals surface area contributed by atoms with E-state index >= 15 is 0 Å². The summed E-state index contributed by atoms with van der Waals surface area (Å²) in [5.41, 5.74) is 2.12. The van der Waals surface area contributed by atoms with Crippen LogP contribution in [0.3, 0.4) is 0 Å². The van der Waals surface area contributed by atoms with Crippen LogP contribution in [-0.2, 0) is 0 Å². The van der Waals surface area contributed by atoms with Gasteiger partial charge in [-0.3, -0.25) is 15.1 Å². The van der Waals surface area contributed by atoms with E-state index in [9.17, 15) is 15.2 Å². The fourth-order valence-corrected chi connectivity index (χ4v) is 2.06. The fourth-order valence-electron chi connectivity index (χ4n) is 1.57. The Kier molecular flexibility index (Phi) is 4.33. The Balaban J connectivity index is 2.33. The van der Waals surface area contributed by atoms with Crippen LogP contribution in [0.2, 0.25) is 0 Å². The molecule has 0 heterocycles. The van der Waals surface area contributed by atoms with E-state index in [4.69, 9.17) is 0 Å². The summed E-state index contributed by atoms with van der Waals surface area (Å²) >= 11 is 2.21. The van der Waals surface area contributed by atoms with Crippen molar-refractivity contribution in [2.75, 3.05) is 0 Å². The number of aromatic hydroxyl groups is 1. The molecule has 0 aromatic heterocycles. The second-order valence-corrected chi connectivity index (χ2v) is 5.35. The SMILES string of the molecule is Cc1ccc(N=Cc2cc([N+](=O)[O-])ccc2O)cc1I. The van der Waals surface area contributed by atoms with Crippen molar-refractivity contribution < 1.29 is 10.0 Å². The van der Waals surface area contributed by atoms with E-state index in [0.717, 1.165) is 14.8 Å². The van der Waals surface area contributed by atoms with Crippen LogP contribution in [0, 0.1) is 20.6 Å². The highest BCUT2D eigenvalue weighted by molar-refractivity contribution is 14.1. The van der Waals surface area contributed by atoms with E-state index in [1.54, 1.807) is 0 Å². The third kappa shape index (κ3) is 3.32. The Morgan fingerprint density at radius 2 is 2.05 bits per heavy atom. The standard InChI is InChI=1S/C14H11IN2O3/c1-9-2-3-11(7-13(9)15)16-8-10-6-12(17(19)20)4-5-14(10)18/h2-8,18H,1H3. The van der Waals surface area contributed by atoms with Crippen LogP contribution in [-0.4, -0.2) is 16.2 Å². The Bertz CT molecular complexity index is 699. The molecule has 0 atom stereocenters. The quantitative estimate of drug-likeness (QED) is 0.378. The third-order valence-electron chi connectivity index (χ3n) is 2.73. The zero-order chi connectivity index (χ0) is 14.7. The number of non-ortho nitro benzene ring substituents is 1. The van der Waals surface area contributed by atoms with E-state index in [0.29, 0.717) is 5.56 Å². The van der Waals surface area contributed by atoms with Crippen LogP contribution >= 0.6 is 22.6 Å². The highest BCUT2D eigenvalue weighted by Gasteiger charge is 2.08. The van der Waals surface area contributed by atoms with Gasteiger partial charge in [0.2, 0.25) is 0 Å². The lowest BCUT2D eigenvalue weighted by Gasteiger charge is -2.00. The number of aliphatic imine (C=N–C) groups is 1. The van der Waals surface area contributed by atoms with Crippen molar-refractivity contribution in [2.45, 2.75) is 6.92 Å². The topological polar surface area (TPSA) is 75.7 Å². The van der Waals surface area contributed by atoms with E-state index < -0.39 is 4.92 Å². The summed E-state index contributed by atoms with van der Waals surface area (Å²) in [6.07, 6.45) is 1.42. The summed E-state index contributed by atoms with van der Waals surface area (Å²) in [5, 5.41) is 20.4. The molecule has 0 radical (unpaired) electrons. The number of nitrogens with zero attached hydrogens (tertiary/aromatic N) is 2. The molecule has 2 aromatic rings. The van der Waals surface area contributed by atoms with Gasteiger partial charge in [0.15, 0.2) is 0 Å². The van der Waals surface area contributed by atoms with Crippen molar-refractivity contribution in [1.29, 1.82) is 0 Å². The first-order valence-corrected chi connectivity index (χ1v) is 6.83. The van der Waals surface area contributed by atoms with Gasteiger partial charge in [0, 0.05) is 27.5 Å². The largest absolute Gasteiger partial charge is 0.507 e. The summed E-state index contributed by atoms with van der Waals surface area (Å²) in [5.74, 6) is -0.0406. The summed E-state index contributed by atoms with van der Waals surface area (Å²) < 4.78 is 1.08. The fraction of sp³-hybridized carbons (Fsp3) is 0.0714. The summed E-state index contributed by atoms with van der Waals surface area (Å²) in [7, 11) is 0. The molecular weight excluding hydrogens is 371 g/mol. The molecule has 5 nitrogen and oxygen atoms in total. The number of aryl methyl sites for hydroxylation is 1. The van der Waals surface area contributed by atoms with Gasteiger partial charge in [0.05, 0.1) is 10.6 Å². The van der Waals surface area contributed by atoms with Crippen molar-refractivity contribution in [3.05, 3.63) is 61.2 Å². The second kappa shape index (κ2) is 6.00. The molecule has 0 amide bonds. The maximum absolute atomic E-state index is 10.7. The van der Waals surface area contributed by atoms with Gasteiger partial charge in [-0.1, -0.05) is 6.07 Å². The van der Waals surface area contributed by atoms with E-state index in [-0.39, 0.29) is 11.4 Å². The van der Waals surface area contributed by atoms with Gasteiger partial charge in [-0.05, 0) is 53.3 Å². The van der Waals surface area contributed by atoms with Crippen LogP contribution in [0.15, 0.2) is 41.4 Å². The van der Waals surface area contributed by atoms with Crippen molar-refractivity contribution in [1.82, 2.24) is 0 Å². The average molecular weight is 382 g/mol. The highest BCUT2D eigenvalue weighted by Crippen LogP contribution is 2.23. The number of halogens is 1. The van der Waals surface area contributed by atoms with Crippen LogP contribution in [0.5, 0.6) is 5.75 Å². The molecule has 0 aliphatic carbocycles. The van der Waals surface area contributed by atoms with Crippen molar-refractivity contribution in [2.24, 2.45) is 4.99 Å². The number of hydrogen-bond acceptors (Lipinski definition) is 4. The molecule has 1 N–H and O–H groups in total. The molecule has 0 saturated carbocycles. The minimum atomic E-state index is -0.508. The molecule has 20 heavy (non-hydrogen) atoms. The third-order valence-corrected chi connectivity index (χ3v) is 3.89. The zero-order valence-corrected chi connectivity index (χ0v) is 12.7. The second-order valence-electron chi connectivity index (χ2n) is 4.19. The van der Waals surface area contributed by atoms with Gasteiger partial charge < -0.3 is 5.11 Å². The number of phenolic OH excluding ortho intramolecular Hbond substituents is 1. The molecule has 0 bridgehead atoms. The lowest BCUT2D eigenvalue weighted by molar-refractivity contribution is -0.384. The minimum absolute atomic E-state index is 0.0406. The maximum atomic E-state index is 10.7. The summed E-state index contributed by atoms with van der Waals surface area (Å²) in [4.78, 5) is 14.4. The van der Waals surface area contributed by atoms with Gasteiger partial charge in [0.25, 0.3) is 5.69 Å². The normalized spacial score (nSPS) is 10.9. The van der Waals surface area contributed by atoms with E-state index in [1.165, 1.54) is 24.4 Å². The average Bonchev–Trinajstić information content (AvgIpc) is 2.41. The molecule has 2 rings (SSSR count). The first-order chi connectivity index (χ1) is 9.47. The Morgan fingerprint density at radius 1 is 1.30 bits per heavy atom. The maximum Gasteiger partial charge on any atom is 0.270 e. The molecule has 0 aliphatic heterocycles. The van der Waals surface area contributed by atoms with Crippen molar-refractivity contribution >= 4 is 40.2 Å². The molecule has 0 spiro atoms. The summed E-state index contributed by atoms with van der Waals surface area (Å²) in [6.45, 7) is 2.00. The van der Waals surface area contributed by atoms with Crippen LogP contribution < -0.4 is 0 Å². The molecule has 102 valence electrons. The summed E-state index contributed by atoms with van der Waals surface area (Å²) in [6, 6.07) is 9.53. The molecule has 0 fully saturated rings. The number of phenols is 1. The van der Waals surface area contributed by atoms with Gasteiger partial charge in [0.1, 0.15) is 5.75 Å². The first kappa shape index (κ1) is 14.4. The smallest absolute Gasteiger partial charge is 0.270 e. The Morgan fingerprint density at radius 3 is 2.70 bits per heavy atom. The van der Waals surface area contributed by atoms with Gasteiger partial charge in [-0.25, -0.2) is 0 Å². The number of nitro groups is 1. The first-order valence-electron chi connectivity index (χ1n) is 5.75. The number of hydrogen-bond donors (Lipinski definition) is 1. The monoisotopic (exact) mass is 382 g/mol. The van der Waals surface area contributed by atoms with E-state index in [2.05, 4.69) is 27.6 Å². The molecule has 0 aliphatic rings.